The van der Waals surface area contributed by atoms with Crippen LogP contribution in [-0.4, -0.2) is 23.6 Å². The number of benzene rings is 2. The third kappa shape index (κ3) is 2.32. The number of carbonyl (C=O) groups is 1. The van der Waals surface area contributed by atoms with Gasteiger partial charge in [-0.25, -0.2) is 0 Å². The summed E-state index contributed by atoms with van der Waals surface area (Å²) in [6, 6.07) is 6.43. The highest BCUT2D eigenvalue weighted by Gasteiger charge is 2.14. The summed E-state index contributed by atoms with van der Waals surface area (Å²) in [6.45, 7) is 3.53. The molecule has 0 saturated heterocycles. The molecule has 0 fully saturated rings. The van der Waals surface area contributed by atoms with Gasteiger partial charge in [-0.15, -0.1) is 0 Å². The van der Waals surface area contributed by atoms with Crippen LogP contribution in [0, 0.1) is 13.8 Å². The number of carbonyl (C=O) groups excluding carboxylic acids is 1. The summed E-state index contributed by atoms with van der Waals surface area (Å²) in [5, 5.41) is 19.4. The molecule has 0 heterocycles. The predicted octanol–water partition coefficient (Wildman–Crippen LogP) is 3.20. The molecule has 0 aliphatic rings. The van der Waals surface area contributed by atoms with Gasteiger partial charge in [0.25, 0.3) is 0 Å². The molecule has 0 aliphatic carbocycles. The molecule has 0 aromatic heterocycles. The Hall–Kier alpha value is -2.49. The van der Waals surface area contributed by atoms with E-state index in [4.69, 9.17) is 4.74 Å². The fraction of sp³-hybridized carbons (Fsp3) is 0.188. The molecule has 0 bridgehead atoms. The van der Waals surface area contributed by atoms with Gasteiger partial charge in [0, 0.05) is 17.2 Å². The van der Waals surface area contributed by atoms with Crippen LogP contribution in [0.1, 0.15) is 21.5 Å². The van der Waals surface area contributed by atoms with Crippen molar-refractivity contribution >= 4 is 6.29 Å². The van der Waals surface area contributed by atoms with Crippen molar-refractivity contribution in [2.75, 3.05) is 7.11 Å². The smallest absolute Gasteiger partial charge is 0.150 e. The molecule has 2 aromatic rings. The summed E-state index contributed by atoms with van der Waals surface area (Å²) in [7, 11) is 1.50. The van der Waals surface area contributed by atoms with Gasteiger partial charge in [-0.2, -0.15) is 0 Å². The number of phenols is 2. The molecule has 0 amide bonds. The van der Waals surface area contributed by atoms with Crippen LogP contribution in [0.4, 0.5) is 0 Å². The van der Waals surface area contributed by atoms with E-state index in [1.165, 1.54) is 19.2 Å². The number of methoxy groups -OCH3 is 1. The van der Waals surface area contributed by atoms with E-state index in [-0.39, 0.29) is 11.5 Å². The first kappa shape index (κ1) is 13.9. The summed E-state index contributed by atoms with van der Waals surface area (Å²) in [6.07, 6.45) is 0.691. The summed E-state index contributed by atoms with van der Waals surface area (Å²) in [5.41, 5.74) is 3.08. The molecule has 20 heavy (non-hydrogen) atoms. The molecule has 0 saturated carbocycles. The molecule has 0 aliphatic heterocycles. The normalized spacial score (nSPS) is 10.3. The Bertz CT molecular complexity index is 675. The lowest BCUT2D eigenvalue weighted by atomic mass is 9.95. The molecule has 2 N–H and O–H groups in total. The molecular weight excluding hydrogens is 256 g/mol. The first-order valence-electron chi connectivity index (χ1n) is 6.14. The van der Waals surface area contributed by atoms with Crippen LogP contribution < -0.4 is 4.74 Å². The van der Waals surface area contributed by atoms with Crippen LogP contribution in [0.25, 0.3) is 11.1 Å². The predicted molar refractivity (Wildman–Crippen MR) is 76.6 cm³/mol. The van der Waals surface area contributed by atoms with Crippen LogP contribution in [0.5, 0.6) is 17.2 Å². The molecule has 0 unspecified atom stereocenters. The van der Waals surface area contributed by atoms with Crippen LogP contribution in [0.15, 0.2) is 24.3 Å². The van der Waals surface area contributed by atoms with E-state index in [0.717, 1.165) is 0 Å². The van der Waals surface area contributed by atoms with Crippen LogP contribution in [-0.2, 0) is 0 Å². The molecule has 0 atom stereocenters. The summed E-state index contributed by atoms with van der Waals surface area (Å²) in [5.74, 6) is 0.681. The van der Waals surface area contributed by atoms with E-state index in [1.807, 2.05) is 0 Å². The largest absolute Gasteiger partial charge is 0.508 e. The van der Waals surface area contributed by atoms with Gasteiger partial charge >= 0.3 is 0 Å². The average molecular weight is 272 g/mol. The lowest BCUT2D eigenvalue weighted by Gasteiger charge is -2.14. The Kier molecular flexibility index (Phi) is 3.66. The fourth-order valence-electron chi connectivity index (χ4n) is 2.10. The molecule has 2 rings (SSSR count). The first-order valence-corrected chi connectivity index (χ1v) is 6.14. The SMILES string of the molecule is COc1cc(O)c(C)cc1-c1cc(C)c(O)cc1C=O. The first-order chi connectivity index (χ1) is 9.47. The maximum atomic E-state index is 11.2. The topological polar surface area (TPSA) is 66.8 Å². The Morgan fingerprint density at radius 3 is 2.05 bits per heavy atom. The minimum Gasteiger partial charge on any atom is -0.508 e. The zero-order valence-electron chi connectivity index (χ0n) is 11.6. The van der Waals surface area contributed by atoms with Gasteiger partial charge in [0.15, 0.2) is 6.29 Å². The summed E-state index contributed by atoms with van der Waals surface area (Å²) in [4.78, 5) is 11.2. The lowest BCUT2D eigenvalue weighted by Crippen LogP contribution is -1.94. The third-order valence-corrected chi connectivity index (χ3v) is 3.30. The number of aldehydes is 1. The van der Waals surface area contributed by atoms with Gasteiger partial charge in [0.1, 0.15) is 17.2 Å². The zero-order chi connectivity index (χ0) is 14.9. The van der Waals surface area contributed by atoms with E-state index in [9.17, 15) is 15.0 Å². The minimum absolute atomic E-state index is 0.0744. The number of rotatable bonds is 3. The Balaban J connectivity index is 2.76. The summed E-state index contributed by atoms with van der Waals surface area (Å²) < 4.78 is 5.27. The number of ether oxygens (including phenoxy) is 1. The maximum Gasteiger partial charge on any atom is 0.150 e. The Morgan fingerprint density at radius 1 is 0.950 bits per heavy atom. The number of aryl methyl sites for hydroxylation is 2. The van der Waals surface area contributed by atoms with Crippen molar-refractivity contribution in [2.24, 2.45) is 0 Å². The van der Waals surface area contributed by atoms with Crippen molar-refractivity contribution < 1.29 is 19.7 Å². The number of aromatic hydroxyl groups is 2. The van der Waals surface area contributed by atoms with Gasteiger partial charge in [-0.1, -0.05) is 0 Å². The number of phenolic OH excluding ortho intramolecular Hbond substituents is 2. The van der Waals surface area contributed by atoms with Crippen molar-refractivity contribution in [3.8, 4) is 28.4 Å². The zero-order valence-corrected chi connectivity index (χ0v) is 11.6. The van der Waals surface area contributed by atoms with Crippen molar-refractivity contribution in [3.63, 3.8) is 0 Å². The number of hydrogen-bond acceptors (Lipinski definition) is 4. The third-order valence-electron chi connectivity index (χ3n) is 3.30. The van der Waals surface area contributed by atoms with Crippen molar-refractivity contribution in [3.05, 3.63) is 41.0 Å². The average Bonchev–Trinajstić information content (AvgIpc) is 2.43. The quantitative estimate of drug-likeness (QED) is 0.842. The van der Waals surface area contributed by atoms with Gasteiger partial charge in [-0.3, -0.25) is 4.79 Å². The highest BCUT2D eigenvalue weighted by molar-refractivity contribution is 5.91. The second-order valence-corrected chi connectivity index (χ2v) is 4.68. The maximum absolute atomic E-state index is 11.2. The van der Waals surface area contributed by atoms with E-state index in [1.54, 1.807) is 26.0 Å². The summed E-state index contributed by atoms with van der Waals surface area (Å²) >= 11 is 0. The second kappa shape index (κ2) is 5.25. The molecule has 4 nitrogen and oxygen atoms in total. The Labute approximate surface area is 117 Å². The molecule has 0 radical (unpaired) electrons. The molecule has 0 spiro atoms. The Morgan fingerprint density at radius 2 is 1.50 bits per heavy atom. The standard InChI is InChI=1S/C16H16O4/c1-9-4-12(11(8-17)6-14(9)18)13-5-10(2)15(19)7-16(13)20-3/h4-8,18-19H,1-3H3. The highest BCUT2D eigenvalue weighted by Crippen LogP contribution is 2.38. The van der Waals surface area contributed by atoms with E-state index in [2.05, 4.69) is 0 Å². The molecule has 104 valence electrons. The monoisotopic (exact) mass is 272 g/mol. The van der Waals surface area contributed by atoms with Crippen LogP contribution in [0.3, 0.4) is 0 Å². The van der Waals surface area contributed by atoms with Crippen molar-refractivity contribution in [1.82, 2.24) is 0 Å². The van der Waals surface area contributed by atoms with Gasteiger partial charge in [0.2, 0.25) is 0 Å². The van der Waals surface area contributed by atoms with E-state index < -0.39 is 0 Å². The van der Waals surface area contributed by atoms with Crippen LogP contribution in [0.2, 0.25) is 0 Å². The van der Waals surface area contributed by atoms with Crippen molar-refractivity contribution in [2.45, 2.75) is 13.8 Å². The highest BCUT2D eigenvalue weighted by atomic mass is 16.5. The minimum atomic E-state index is 0.0744. The molecular formula is C16H16O4. The second-order valence-electron chi connectivity index (χ2n) is 4.68. The van der Waals surface area contributed by atoms with E-state index in [0.29, 0.717) is 39.9 Å². The van der Waals surface area contributed by atoms with Crippen LogP contribution >= 0.6 is 0 Å². The molecule has 2 aromatic carbocycles. The lowest BCUT2D eigenvalue weighted by molar-refractivity contribution is 0.112. The van der Waals surface area contributed by atoms with E-state index >= 15 is 0 Å². The van der Waals surface area contributed by atoms with Gasteiger partial charge in [-0.05, 0) is 48.7 Å². The van der Waals surface area contributed by atoms with Gasteiger partial charge in [0.05, 0.1) is 7.11 Å². The van der Waals surface area contributed by atoms with Crippen molar-refractivity contribution in [1.29, 1.82) is 0 Å². The fourth-order valence-corrected chi connectivity index (χ4v) is 2.10. The van der Waals surface area contributed by atoms with Gasteiger partial charge < -0.3 is 14.9 Å². The molecule has 4 heteroatoms. The number of hydrogen-bond donors (Lipinski definition) is 2.